The minimum atomic E-state index is 0.208. The van der Waals surface area contributed by atoms with E-state index >= 15 is 0 Å². The molecule has 1 saturated carbocycles. The molecule has 1 aromatic rings. The molecule has 3 heteroatoms. The molecule has 1 aliphatic rings. The van der Waals surface area contributed by atoms with Crippen LogP contribution in [0.2, 0.25) is 0 Å². The van der Waals surface area contributed by atoms with E-state index in [9.17, 15) is 4.79 Å². The van der Waals surface area contributed by atoms with Crippen molar-refractivity contribution in [2.24, 2.45) is 5.73 Å². The maximum absolute atomic E-state index is 12.4. The first kappa shape index (κ1) is 15.0. The molecule has 0 heterocycles. The molecule has 2 rings (SSSR count). The molecule has 1 amide bonds. The van der Waals surface area contributed by atoms with Crippen molar-refractivity contribution < 1.29 is 4.79 Å². The monoisotopic (exact) mass is 274 g/mol. The third-order valence-electron chi connectivity index (χ3n) is 4.17. The lowest BCUT2D eigenvalue weighted by Gasteiger charge is -2.34. The fourth-order valence-corrected chi connectivity index (χ4v) is 2.97. The molecule has 20 heavy (non-hydrogen) atoms. The number of nitrogens with two attached hydrogens (primary N) is 1. The van der Waals surface area contributed by atoms with Gasteiger partial charge in [-0.15, -0.1) is 0 Å². The second-order valence-electron chi connectivity index (χ2n) is 5.84. The van der Waals surface area contributed by atoms with Crippen LogP contribution in [0.3, 0.4) is 0 Å². The van der Waals surface area contributed by atoms with E-state index in [2.05, 4.69) is 36.1 Å². The zero-order valence-corrected chi connectivity index (χ0v) is 12.5. The Kier molecular flexibility index (Phi) is 5.60. The number of nitrogens with zero attached hydrogens (tertiary/aromatic N) is 1. The molecule has 0 radical (unpaired) electrons. The molecule has 110 valence electrons. The second-order valence-corrected chi connectivity index (χ2v) is 5.84. The predicted molar refractivity (Wildman–Crippen MR) is 82.3 cm³/mol. The number of aryl methyl sites for hydroxylation is 1. The van der Waals surface area contributed by atoms with Gasteiger partial charge < -0.3 is 10.6 Å². The standard InChI is InChI=1S/C17H26N2O/c1-14-7-9-15(10-8-14)13-19(17(20)11-12-18)16-5-3-2-4-6-16/h7-10,16H,2-6,11-13,18H2,1H3. The zero-order valence-electron chi connectivity index (χ0n) is 12.5. The Labute approximate surface area is 122 Å². The van der Waals surface area contributed by atoms with Gasteiger partial charge in [0.1, 0.15) is 0 Å². The molecule has 1 aliphatic carbocycles. The van der Waals surface area contributed by atoms with Crippen LogP contribution >= 0.6 is 0 Å². The third-order valence-corrected chi connectivity index (χ3v) is 4.17. The van der Waals surface area contributed by atoms with E-state index in [1.165, 1.54) is 30.4 Å². The van der Waals surface area contributed by atoms with Crippen LogP contribution < -0.4 is 5.73 Å². The lowest BCUT2D eigenvalue weighted by atomic mass is 9.93. The van der Waals surface area contributed by atoms with Crippen molar-refractivity contribution >= 4 is 5.91 Å². The van der Waals surface area contributed by atoms with Crippen molar-refractivity contribution in [1.29, 1.82) is 0 Å². The summed E-state index contributed by atoms with van der Waals surface area (Å²) in [6.45, 7) is 3.25. The highest BCUT2D eigenvalue weighted by Gasteiger charge is 2.24. The Hall–Kier alpha value is -1.35. The second kappa shape index (κ2) is 7.44. The van der Waals surface area contributed by atoms with Crippen molar-refractivity contribution in [3.05, 3.63) is 35.4 Å². The highest BCUT2D eigenvalue weighted by Crippen LogP contribution is 2.24. The summed E-state index contributed by atoms with van der Waals surface area (Å²) in [5.74, 6) is 0.208. The predicted octanol–water partition coefficient (Wildman–Crippen LogP) is 3.01. The SMILES string of the molecule is Cc1ccc(CN(C(=O)CCN)C2CCCCC2)cc1. The molecule has 3 nitrogen and oxygen atoms in total. The highest BCUT2D eigenvalue weighted by molar-refractivity contribution is 5.76. The van der Waals surface area contributed by atoms with Crippen LogP contribution in [0, 0.1) is 6.92 Å². The summed E-state index contributed by atoms with van der Waals surface area (Å²) in [6, 6.07) is 8.88. The zero-order chi connectivity index (χ0) is 14.4. The molecule has 0 saturated heterocycles. The summed E-state index contributed by atoms with van der Waals surface area (Å²) in [6.07, 6.45) is 6.53. The molecule has 1 fully saturated rings. The van der Waals surface area contributed by atoms with E-state index in [1.54, 1.807) is 0 Å². The first-order chi connectivity index (χ1) is 9.70. The van der Waals surface area contributed by atoms with Crippen molar-refractivity contribution in [2.75, 3.05) is 6.54 Å². The number of carbonyl (C=O) groups is 1. The van der Waals surface area contributed by atoms with Crippen LogP contribution in [0.5, 0.6) is 0 Å². The molecular formula is C17H26N2O. The Morgan fingerprint density at radius 1 is 1.20 bits per heavy atom. The Morgan fingerprint density at radius 3 is 2.45 bits per heavy atom. The van der Waals surface area contributed by atoms with Gasteiger partial charge in [0.15, 0.2) is 0 Å². The Bertz CT molecular complexity index is 421. The first-order valence-corrected chi connectivity index (χ1v) is 7.76. The van der Waals surface area contributed by atoms with Crippen molar-refractivity contribution in [3.8, 4) is 0 Å². The van der Waals surface area contributed by atoms with Crippen molar-refractivity contribution in [1.82, 2.24) is 4.90 Å². The largest absolute Gasteiger partial charge is 0.335 e. The van der Waals surface area contributed by atoms with Gasteiger partial charge >= 0.3 is 0 Å². The van der Waals surface area contributed by atoms with E-state index in [0.29, 0.717) is 19.0 Å². The summed E-state index contributed by atoms with van der Waals surface area (Å²) < 4.78 is 0. The molecule has 0 aromatic heterocycles. The molecular weight excluding hydrogens is 248 g/mol. The van der Waals surface area contributed by atoms with Crippen LogP contribution in [-0.4, -0.2) is 23.4 Å². The quantitative estimate of drug-likeness (QED) is 0.897. The molecule has 0 unspecified atom stereocenters. The lowest BCUT2D eigenvalue weighted by Crippen LogP contribution is -2.41. The summed E-state index contributed by atoms with van der Waals surface area (Å²) in [5, 5.41) is 0. The summed E-state index contributed by atoms with van der Waals surface area (Å²) in [4.78, 5) is 14.4. The maximum atomic E-state index is 12.4. The lowest BCUT2D eigenvalue weighted by molar-refractivity contribution is -0.134. The van der Waals surface area contributed by atoms with Crippen molar-refractivity contribution in [3.63, 3.8) is 0 Å². The van der Waals surface area contributed by atoms with E-state index in [1.807, 2.05) is 0 Å². The van der Waals surface area contributed by atoms with Gasteiger partial charge in [0.05, 0.1) is 0 Å². The summed E-state index contributed by atoms with van der Waals surface area (Å²) >= 11 is 0. The summed E-state index contributed by atoms with van der Waals surface area (Å²) in [5.41, 5.74) is 8.03. The van der Waals surface area contributed by atoms with Crippen LogP contribution in [0.25, 0.3) is 0 Å². The van der Waals surface area contributed by atoms with E-state index < -0.39 is 0 Å². The molecule has 2 N–H and O–H groups in total. The van der Waals surface area contributed by atoms with Gasteiger partial charge in [0.2, 0.25) is 5.91 Å². The molecule has 0 spiro atoms. The number of hydrogen-bond acceptors (Lipinski definition) is 2. The molecule has 0 atom stereocenters. The molecule has 1 aromatic carbocycles. The number of benzene rings is 1. The fraction of sp³-hybridized carbons (Fsp3) is 0.588. The van der Waals surface area contributed by atoms with Gasteiger partial charge in [-0.2, -0.15) is 0 Å². The average molecular weight is 274 g/mol. The van der Waals surface area contributed by atoms with E-state index in [0.717, 1.165) is 19.4 Å². The average Bonchev–Trinajstić information content (AvgIpc) is 2.48. The van der Waals surface area contributed by atoms with Gasteiger partial charge in [0, 0.05) is 25.6 Å². The molecule has 0 bridgehead atoms. The van der Waals surface area contributed by atoms with E-state index in [-0.39, 0.29) is 5.91 Å². The third kappa shape index (κ3) is 4.07. The number of carbonyl (C=O) groups excluding carboxylic acids is 1. The number of hydrogen-bond donors (Lipinski definition) is 1. The fourth-order valence-electron chi connectivity index (χ4n) is 2.97. The van der Waals surface area contributed by atoms with Crippen LogP contribution in [-0.2, 0) is 11.3 Å². The minimum absolute atomic E-state index is 0.208. The Balaban J connectivity index is 2.08. The summed E-state index contributed by atoms with van der Waals surface area (Å²) in [7, 11) is 0. The van der Waals surface area contributed by atoms with Crippen LogP contribution in [0.1, 0.15) is 49.7 Å². The topological polar surface area (TPSA) is 46.3 Å². The number of amides is 1. The van der Waals surface area contributed by atoms with Gasteiger partial charge in [-0.1, -0.05) is 49.1 Å². The minimum Gasteiger partial charge on any atom is -0.335 e. The van der Waals surface area contributed by atoms with Crippen LogP contribution in [0.15, 0.2) is 24.3 Å². The number of rotatable bonds is 5. The normalized spacial score (nSPS) is 16.1. The van der Waals surface area contributed by atoms with Crippen molar-refractivity contribution in [2.45, 2.75) is 58.0 Å². The van der Waals surface area contributed by atoms with Gasteiger partial charge in [-0.05, 0) is 25.3 Å². The van der Waals surface area contributed by atoms with Gasteiger partial charge in [0.25, 0.3) is 0 Å². The van der Waals surface area contributed by atoms with Crippen LogP contribution in [0.4, 0.5) is 0 Å². The first-order valence-electron chi connectivity index (χ1n) is 7.76. The Morgan fingerprint density at radius 2 is 1.85 bits per heavy atom. The van der Waals surface area contributed by atoms with E-state index in [4.69, 9.17) is 5.73 Å². The smallest absolute Gasteiger partial charge is 0.224 e. The highest BCUT2D eigenvalue weighted by atomic mass is 16.2. The molecule has 0 aliphatic heterocycles. The maximum Gasteiger partial charge on any atom is 0.224 e. The van der Waals surface area contributed by atoms with Gasteiger partial charge in [-0.3, -0.25) is 4.79 Å². The van der Waals surface area contributed by atoms with Gasteiger partial charge in [-0.25, -0.2) is 0 Å².